The minimum absolute atomic E-state index is 1.10. The van der Waals surface area contributed by atoms with Crippen LogP contribution in [-0.4, -0.2) is 4.57 Å². The summed E-state index contributed by atoms with van der Waals surface area (Å²) in [6.07, 6.45) is 0. The molecule has 0 aliphatic heterocycles. The molecule has 0 saturated carbocycles. The molecule has 1 heterocycles. The second kappa shape index (κ2) is 12.8. The highest BCUT2D eigenvalue weighted by atomic mass is 15.1. The molecule has 0 N–H and O–H groups in total. The highest BCUT2D eigenvalue weighted by Gasteiger charge is 2.17. The fourth-order valence-corrected chi connectivity index (χ4v) is 7.23. The maximum absolute atomic E-state index is 2.40. The first-order valence-corrected chi connectivity index (χ1v) is 17.1. The number of hydrogen-bond acceptors (Lipinski definition) is 1. The average molecular weight is 639 g/mol. The Morgan fingerprint density at radius 3 is 1.30 bits per heavy atom. The zero-order valence-corrected chi connectivity index (χ0v) is 27.5. The summed E-state index contributed by atoms with van der Waals surface area (Å²) in [6, 6.07) is 74.0. The normalized spacial score (nSPS) is 11.2. The van der Waals surface area contributed by atoms with Crippen LogP contribution in [0.25, 0.3) is 60.9 Å². The summed E-state index contributed by atoms with van der Waals surface area (Å²) in [4.78, 5) is 2.32. The Bertz CT molecular complexity index is 2500. The summed E-state index contributed by atoms with van der Waals surface area (Å²) in [5, 5.41) is 2.53. The fraction of sp³-hybridized carbons (Fsp3) is 0. The zero-order chi connectivity index (χ0) is 33.3. The van der Waals surface area contributed by atoms with E-state index in [1.165, 1.54) is 55.2 Å². The van der Waals surface area contributed by atoms with E-state index in [0.29, 0.717) is 0 Å². The van der Waals surface area contributed by atoms with E-state index in [-0.39, 0.29) is 0 Å². The molecule has 0 aliphatic rings. The predicted molar refractivity (Wildman–Crippen MR) is 212 cm³/mol. The van der Waals surface area contributed by atoms with Crippen LogP contribution < -0.4 is 4.90 Å². The Balaban J connectivity index is 1.16. The summed E-state index contributed by atoms with van der Waals surface area (Å²) >= 11 is 0. The van der Waals surface area contributed by atoms with Gasteiger partial charge in [0, 0.05) is 33.5 Å². The quantitative estimate of drug-likeness (QED) is 0.169. The molecule has 9 rings (SSSR count). The first-order chi connectivity index (χ1) is 24.8. The lowest BCUT2D eigenvalue weighted by Crippen LogP contribution is -2.09. The number of benzene rings is 8. The van der Waals surface area contributed by atoms with Gasteiger partial charge in [-0.05, 0) is 94.0 Å². The van der Waals surface area contributed by atoms with Gasteiger partial charge in [-0.3, -0.25) is 0 Å². The molecular weight excluding hydrogens is 605 g/mol. The summed E-state index contributed by atoms with van der Waals surface area (Å²) < 4.78 is 2.40. The van der Waals surface area contributed by atoms with Crippen LogP contribution >= 0.6 is 0 Å². The molecule has 2 nitrogen and oxygen atoms in total. The van der Waals surface area contributed by atoms with Gasteiger partial charge in [-0.15, -0.1) is 0 Å². The summed E-state index contributed by atoms with van der Waals surface area (Å²) in [5.74, 6) is 0. The van der Waals surface area contributed by atoms with Gasteiger partial charge in [0.2, 0.25) is 0 Å². The highest BCUT2D eigenvalue weighted by molar-refractivity contribution is 6.09. The van der Waals surface area contributed by atoms with E-state index in [1.807, 2.05) is 0 Å². The van der Waals surface area contributed by atoms with E-state index in [1.54, 1.807) is 0 Å². The Morgan fingerprint density at radius 1 is 0.300 bits per heavy atom. The molecule has 0 bridgehead atoms. The van der Waals surface area contributed by atoms with Crippen molar-refractivity contribution in [2.75, 3.05) is 4.90 Å². The molecule has 0 spiro atoms. The SMILES string of the molecule is c1ccc(-c2ccc(N(c3ccccc3)c3ccc(-c4cc(-n5c6ccccc6c6ccccc65)ccc4-c4ccccc4)cc3)cc2)cc1. The molecule has 236 valence electrons. The lowest BCUT2D eigenvalue weighted by Gasteiger charge is -2.26. The van der Waals surface area contributed by atoms with Crippen LogP contribution in [0.4, 0.5) is 17.1 Å². The molecule has 8 aromatic carbocycles. The number of anilines is 3. The van der Waals surface area contributed by atoms with E-state index in [2.05, 4.69) is 216 Å². The summed E-state index contributed by atoms with van der Waals surface area (Å²) in [5.41, 5.74) is 14.1. The molecule has 1 aromatic heterocycles. The molecule has 0 atom stereocenters. The Labute approximate surface area is 292 Å². The first kappa shape index (κ1) is 29.5. The van der Waals surface area contributed by atoms with E-state index in [9.17, 15) is 0 Å². The molecule has 0 aliphatic carbocycles. The third-order valence-electron chi connectivity index (χ3n) is 9.61. The van der Waals surface area contributed by atoms with Gasteiger partial charge in [0.05, 0.1) is 11.0 Å². The second-order valence-corrected chi connectivity index (χ2v) is 12.6. The largest absolute Gasteiger partial charge is 0.311 e. The van der Waals surface area contributed by atoms with Gasteiger partial charge in [-0.2, -0.15) is 0 Å². The lowest BCUT2D eigenvalue weighted by atomic mass is 9.93. The van der Waals surface area contributed by atoms with Crippen molar-refractivity contribution in [1.29, 1.82) is 0 Å². The van der Waals surface area contributed by atoms with Crippen molar-refractivity contribution in [1.82, 2.24) is 4.57 Å². The van der Waals surface area contributed by atoms with Crippen molar-refractivity contribution in [2.45, 2.75) is 0 Å². The zero-order valence-electron chi connectivity index (χ0n) is 27.5. The molecule has 0 radical (unpaired) electrons. The van der Waals surface area contributed by atoms with Crippen LogP contribution in [0.5, 0.6) is 0 Å². The average Bonchev–Trinajstić information content (AvgIpc) is 3.54. The van der Waals surface area contributed by atoms with E-state index < -0.39 is 0 Å². The van der Waals surface area contributed by atoms with Crippen LogP contribution in [0.15, 0.2) is 206 Å². The minimum Gasteiger partial charge on any atom is -0.311 e. The van der Waals surface area contributed by atoms with E-state index in [0.717, 1.165) is 22.7 Å². The maximum atomic E-state index is 2.40. The molecule has 0 fully saturated rings. The van der Waals surface area contributed by atoms with Crippen molar-refractivity contribution in [2.24, 2.45) is 0 Å². The molecular formula is C48H34N2. The van der Waals surface area contributed by atoms with E-state index >= 15 is 0 Å². The van der Waals surface area contributed by atoms with Gasteiger partial charge in [0.25, 0.3) is 0 Å². The second-order valence-electron chi connectivity index (χ2n) is 12.6. The van der Waals surface area contributed by atoms with Crippen molar-refractivity contribution < 1.29 is 0 Å². The van der Waals surface area contributed by atoms with Crippen LogP contribution in [0.1, 0.15) is 0 Å². The van der Waals surface area contributed by atoms with Crippen molar-refractivity contribution in [3.63, 3.8) is 0 Å². The van der Waals surface area contributed by atoms with Crippen molar-refractivity contribution in [3.05, 3.63) is 206 Å². The Morgan fingerprint density at radius 2 is 0.720 bits per heavy atom. The molecule has 0 amide bonds. The Hall–Kier alpha value is -6.64. The molecule has 9 aromatic rings. The Kier molecular flexibility index (Phi) is 7.53. The van der Waals surface area contributed by atoms with Crippen LogP contribution in [0, 0.1) is 0 Å². The molecule has 0 unspecified atom stereocenters. The van der Waals surface area contributed by atoms with Gasteiger partial charge >= 0.3 is 0 Å². The highest BCUT2D eigenvalue weighted by Crippen LogP contribution is 2.40. The first-order valence-electron chi connectivity index (χ1n) is 17.1. The maximum Gasteiger partial charge on any atom is 0.0541 e. The fourth-order valence-electron chi connectivity index (χ4n) is 7.23. The van der Waals surface area contributed by atoms with Gasteiger partial charge in [-0.1, -0.05) is 146 Å². The summed E-state index contributed by atoms with van der Waals surface area (Å²) in [7, 11) is 0. The number of para-hydroxylation sites is 3. The molecule has 50 heavy (non-hydrogen) atoms. The third kappa shape index (κ3) is 5.34. The smallest absolute Gasteiger partial charge is 0.0541 e. The van der Waals surface area contributed by atoms with Crippen LogP contribution in [0.2, 0.25) is 0 Å². The van der Waals surface area contributed by atoms with Gasteiger partial charge in [0.15, 0.2) is 0 Å². The van der Waals surface area contributed by atoms with E-state index in [4.69, 9.17) is 0 Å². The number of nitrogens with zero attached hydrogens (tertiary/aromatic N) is 2. The number of rotatable bonds is 7. The van der Waals surface area contributed by atoms with Gasteiger partial charge < -0.3 is 9.47 Å². The predicted octanol–water partition coefficient (Wildman–Crippen LogP) is 13.3. The van der Waals surface area contributed by atoms with Crippen molar-refractivity contribution >= 4 is 38.9 Å². The van der Waals surface area contributed by atoms with Crippen LogP contribution in [-0.2, 0) is 0 Å². The van der Waals surface area contributed by atoms with Gasteiger partial charge in [0.1, 0.15) is 0 Å². The van der Waals surface area contributed by atoms with Crippen molar-refractivity contribution in [3.8, 4) is 39.1 Å². The number of fused-ring (bicyclic) bond motifs is 3. The molecule has 0 saturated heterocycles. The third-order valence-corrected chi connectivity index (χ3v) is 9.61. The monoisotopic (exact) mass is 638 g/mol. The minimum atomic E-state index is 1.10. The summed E-state index contributed by atoms with van der Waals surface area (Å²) in [6.45, 7) is 0. The van der Waals surface area contributed by atoms with Crippen LogP contribution in [0.3, 0.4) is 0 Å². The molecule has 2 heteroatoms. The number of aromatic nitrogens is 1. The standard InChI is InChI=1S/C48H34N2/c1-4-14-35(15-5-1)36-24-28-40(29-25-36)49(39-18-8-3-9-19-39)41-30-26-38(27-31-41)46-34-42(32-33-43(46)37-16-6-2-7-17-37)50-47-22-12-10-20-44(47)45-21-11-13-23-48(45)50/h1-34H. The van der Waals surface area contributed by atoms with Gasteiger partial charge in [-0.25, -0.2) is 0 Å². The topological polar surface area (TPSA) is 8.17 Å². The number of hydrogen-bond donors (Lipinski definition) is 0. The lowest BCUT2D eigenvalue weighted by molar-refractivity contribution is 1.18.